The summed E-state index contributed by atoms with van der Waals surface area (Å²) in [5.41, 5.74) is 6.39. The number of nitrogens with two attached hydrogens (primary N) is 1. The largest absolute Gasteiger partial charge is 0.409 e. The molecule has 1 rings (SSSR count). The Hall–Kier alpha value is -1.62. The van der Waals surface area contributed by atoms with Crippen molar-refractivity contribution in [2.24, 2.45) is 10.9 Å². The molecule has 0 saturated carbocycles. The van der Waals surface area contributed by atoms with Crippen molar-refractivity contribution in [3.05, 3.63) is 30.1 Å². The van der Waals surface area contributed by atoms with Crippen LogP contribution in [0.1, 0.15) is 18.5 Å². The van der Waals surface area contributed by atoms with E-state index in [9.17, 15) is 0 Å². The van der Waals surface area contributed by atoms with Crippen LogP contribution in [-0.2, 0) is 0 Å². The third kappa shape index (κ3) is 3.02. The van der Waals surface area contributed by atoms with Crippen molar-refractivity contribution in [3.63, 3.8) is 0 Å². The van der Waals surface area contributed by atoms with Crippen molar-refractivity contribution in [2.45, 2.75) is 13.0 Å². The average Bonchev–Trinajstić information content (AvgIpc) is 2.26. The van der Waals surface area contributed by atoms with Gasteiger partial charge in [0.15, 0.2) is 5.84 Å². The summed E-state index contributed by atoms with van der Waals surface area (Å²) in [5, 5.41) is 14.3. The van der Waals surface area contributed by atoms with Gasteiger partial charge in [-0.25, -0.2) is 0 Å². The van der Waals surface area contributed by atoms with Crippen LogP contribution in [0.15, 0.2) is 29.7 Å². The van der Waals surface area contributed by atoms with Gasteiger partial charge in [-0.3, -0.25) is 4.98 Å². The minimum Gasteiger partial charge on any atom is -0.409 e. The van der Waals surface area contributed by atoms with E-state index in [1.165, 1.54) is 0 Å². The van der Waals surface area contributed by atoms with Crippen LogP contribution in [0.4, 0.5) is 0 Å². The van der Waals surface area contributed by atoms with Crippen LogP contribution in [0.25, 0.3) is 0 Å². The standard InChI is InChI=1S/C9H14N4O/c1-7(12-6-9(10)13-14)8-3-2-4-11-5-8/h2-5,7,12,14H,6H2,1H3,(H2,10,13)/t7-/m0/s1. The number of hydrogen-bond donors (Lipinski definition) is 3. The third-order valence-corrected chi connectivity index (χ3v) is 1.90. The minimum absolute atomic E-state index is 0.129. The van der Waals surface area contributed by atoms with Gasteiger partial charge in [-0.2, -0.15) is 0 Å². The van der Waals surface area contributed by atoms with Gasteiger partial charge in [-0.15, -0.1) is 0 Å². The molecule has 76 valence electrons. The lowest BCUT2D eigenvalue weighted by molar-refractivity contribution is 0.316. The summed E-state index contributed by atoms with van der Waals surface area (Å²) in [5.74, 6) is 0.167. The number of hydrogen-bond acceptors (Lipinski definition) is 4. The van der Waals surface area contributed by atoms with Crippen molar-refractivity contribution in [1.29, 1.82) is 0 Å². The Morgan fingerprint density at radius 1 is 1.79 bits per heavy atom. The molecule has 0 aliphatic rings. The van der Waals surface area contributed by atoms with E-state index in [0.717, 1.165) is 5.56 Å². The quantitative estimate of drug-likeness (QED) is 0.282. The molecule has 4 N–H and O–H groups in total. The first-order valence-corrected chi connectivity index (χ1v) is 4.33. The molecule has 0 aliphatic carbocycles. The van der Waals surface area contributed by atoms with Gasteiger partial charge in [0.2, 0.25) is 0 Å². The normalized spacial score (nSPS) is 13.9. The van der Waals surface area contributed by atoms with Crippen LogP contribution in [0, 0.1) is 0 Å². The highest BCUT2D eigenvalue weighted by Crippen LogP contribution is 2.08. The number of nitrogens with zero attached hydrogens (tertiary/aromatic N) is 2. The Labute approximate surface area is 82.6 Å². The lowest BCUT2D eigenvalue weighted by atomic mass is 10.1. The number of rotatable bonds is 4. The highest BCUT2D eigenvalue weighted by molar-refractivity contribution is 5.81. The van der Waals surface area contributed by atoms with Gasteiger partial charge in [-0.1, -0.05) is 11.2 Å². The van der Waals surface area contributed by atoms with Gasteiger partial charge in [-0.05, 0) is 18.6 Å². The zero-order valence-electron chi connectivity index (χ0n) is 8.01. The van der Waals surface area contributed by atoms with Crippen LogP contribution < -0.4 is 11.1 Å². The second-order valence-electron chi connectivity index (χ2n) is 2.98. The summed E-state index contributed by atoms with van der Waals surface area (Å²) >= 11 is 0. The summed E-state index contributed by atoms with van der Waals surface area (Å²) in [6.07, 6.45) is 3.50. The van der Waals surface area contributed by atoms with Gasteiger partial charge >= 0.3 is 0 Å². The minimum atomic E-state index is 0.129. The third-order valence-electron chi connectivity index (χ3n) is 1.90. The summed E-state index contributed by atoms with van der Waals surface area (Å²) in [7, 11) is 0. The van der Waals surface area contributed by atoms with Gasteiger partial charge in [0, 0.05) is 18.4 Å². The first-order valence-electron chi connectivity index (χ1n) is 4.33. The van der Waals surface area contributed by atoms with Crippen molar-refractivity contribution in [2.75, 3.05) is 6.54 Å². The van der Waals surface area contributed by atoms with E-state index < -0.39 is 0 Å². The number of amidine groups is 1. The van der Waals surface area contributed by atoms with E-state index >= 15 is 0 Å². The van der Waals surface area contributed by atoms with Crippen molar-refractivity contribution < 1.29 is 5.21 Å². The van der Waals surface area contributed by atoms with Crippen LogP contribution in [0.5, 0.6) is 0 Å². The van der Waals surface area contributed by atoms with Crippen molar-refractivity contribution in [1.82, 2.24) is 10.3 Å². The first kappa shape index (κ1) is 10.5. The molecular weight excluding hydrogens is 180 g/mol. The average molecular weight is 194 g/mol. The molecule has 0 bridgehead atoms. The molecule has 0 aromatic carbocycles. The highest BCUT2D eigenvalue weighted by atomic mass is 16.4. The number of nitrogens with one attached hydrogen (secondary N) is 1. The van der Waals surface area contributed by atoms with Gasteiger partial charge in [0.25, 0.3) is 0 Å². The molecule has 0 fully saturated rings. The Kier molecular flexibility index (Phi) is 3.87. The summed E-state index contributed by atoms with van der Waals surface area (Å²) < 4.78 is 0. The molecule has 1 aromatic heterocycles. The fourth-order valence-corrected chi connectivity index (χ4v) is 1.04. The lowest BCUT2D eigenvalue weighted by Gasteiger charge is -2.12. The molecule has 1 heterocycles. The Morgan fingerprint density at radius 3 is 3.14 bits per heavy atom. The molecule has 5 heteroatoms. The Balaban J connectivity index is 2.47. The molecule has 0 saturated heterocycles. The van der Waals surface area contributed by atoms with E-state index in [4.69, 9.17) is 10.9 Å². The predicted octanol–water partition coefficient (Wildman–Crippen LogP) is 0.479. The zero-order chi connectivity index (χ0) is 10.4. The molecule has 0 amide bonds. The number of aromatic nitrogens is 1. The fraction of sp³-hybridized carbons (Fsp3) is 0.333. The van der Waals surface area contributed by atoms with E-state index in [2.05, 4.69) is 15.5 Å². The van der Waals surface area contributed by atoms with Gasteiger partial charge in [0.1, 0.15) is 0 Å². The monoisotopic (exact) mass is 194 g/mol. The highest BCUT2D eigenvalue weighted by Gasteiger charge is 2.04. The SMILES string of the molecule is C[C@H](NC/C(N)=N/O)c1cccnc1. The fourth-order valence-electron chi connectivity index (χ4n) is 1.04. The molecule has 0 radical (unpaired) electrons. The molecule has 14 heavy (non-hydrogen) atoms. The second-order valence-corrected chi connectivity index (χ2v) is 2.98. The van der Waals surface area contributed by atoms with Crippen LogP contribution >= 0.6 is 0 Å². The summed E-state index contributed by atoms with van der Waals surface area (Å²) in [4.78, 5) is 4.00. The van der Waals surface area contributed by atoms with Crippen molar-refractivity contribution >= 4 is 5.84 Å². The molecule has 1 atom stereocenters. The number of oxime groups is 1. The van der Waals surface area contributed by atoms with Gasteiger partial charge in [0.05, 0.1) is 6.54 Å². The van der Waals surface area contributed by atoms with Crippen LogP contribution in [0.3, 0.4) is 0 Å². The molecule has 0 aliphatic heterocycles. The van der Waals surface area contributed by atoms with E-state index in [0.29, 0.717) is 6.54 Å². The lowest BCUT2D eigenvalue weighted by Crippen LogP contribution is -2.30. The number of pyridine rings is 1. The predicted molar refractivity (Wildman–Crippen MR) is 54.1 cm³/mol. The maximum Gasteiger partial charge on any atom is 0.153 e. The summed E-state index contributed by atoms with van der Waals surface area (Å²) in [6.45, 7) is 2.34. The molecule has 0 spiro atoms. The van der Waals surface area contributed by atoms with Crippen LogP contribution in [-0.4, -0.2) is 22.6 Å². The van der Waals surface area contributed by atoms with E-state index in [-0.39, 0.29) is 11.9 Å². The maximum absolute atomic E-state index is 8.33. The Morgan fingerprint density at radius 2 is 2.57 bits per heavy atom. The van der Waals surface area contributed by atoms with Crippen LogP contribution in [0.2, 0.25) is 0 Å². The van der Waals surface area contributed by atoms with Gasteiger partial charge < -0.3 is 16.3 Å². The van der Waals surface area contributed by atoms with Crippen molar-refractivity contribution in [3.8, 4) is 0 Å². The molecule has 1 aromatic rings. The second kappa shape index (κ2) is 5.18. The van der Waals surface area contributed by atoms with E-state index in [1.807, 2.05) is 19.1 Å². The molecule has 0 unspecified atom stereocenters. The van der Waals surface area contributed by atoms with E-state index in [1.54, 1.807) is 12.4 Å². The first-order chi connectivity index (χ1) is 6.74. The Bertz CT molecular complexity index is 299. The molecular formula is C9H14N4O. The maximum atomic E-state index is 8.33. The molecule has 5 nitrogen and oxygen atoms in total. The smallest absolute Gasteiger partial charge is 0.153 e. The topological polar surface area (TPSA) is 83.5 Å². The zero-order valence-corrected chi connectivity index (χ0v) is 8.01. The summed E-state index contributed by atoms with van der Waals surface area (Å²) in [6, 6.07) is 3.97.